The average molecular weight is 422 g/mol. The van der Waals surface area contributed by atoms with E-state index in [1.807, 2.05) is 52.9 Å². The zero-order valence-corrected chi connectivity index (χ0v) is 16.2. The molecule has 27 heavy (non-hydrogen) atoms. The molecule has 0 aliphatic carbocycles. The SMILES string of the molecule is CCOC(=O)c1cc(C(=O)c2ccc(Br)cc2)n2c1ccc1ccccc12. The van der Waals surface area contributed by atoms with Gasteiger partial charge in [-0.25, -0.2) is 4.79 Å². The number of pyridine rings is 1. The van der Waals surface area contributed by atoms with Crippen LogP contribution in [0.1, 0.15) is 33.3 Å². The van der Waals surface area contributed by atoms with Gasteiger partial charge in [0.05, 0.1) is 28.9 Å². The minimum atomic E-state index is -0.430. The summed E-state index contributed by atoms with van der Waals surface area (Å²) in [6, 6.07) is 20.4. The second-order valence-corrected chi connectivity index (χ2v) is 7.03. The van der Waals surface area contributed by atoms with Gasteiger partial charge >= 0.3 is 5.97 Å². The minimum Gasteiger partial charge on any atom is -0.462 e. The van der Waals surface area contributed by atoms with E-state index in [1.54, 1.807) is 25.1 Å². The van der Waals surface area contributed by atoms with Gasteiger partial charge in [0.1, 0.15) is 0 Å². The largest absolute Gasteiger partial charge is 0.462 e. The van der Waals surface area contributed by atoms with Crippen molar-refractivity contribution < 1.29 is 14.3 Å². The van der Waals surface area contributed by atoms with Gasteiger partial charge in [-0.05, 0) is 54.8 Å². The molecule has 0 saturated heterocycles. The fourth-order valence-electron chi connectivity index (χ4n) is 3.24. The van der Waals surface area contributed by atoms with Gasteiger partial charge in [-0.3, -0.25) is 4.79 Å². The van der Waals surface area contributed by atoms with Crippen LogP contribution in [-0.4, -0.2) is 22.8 Å². The van der Waals surface area contributed by atoms with Gasteiger partial charge in [-0.15, -0.1) is 0 Å². The number of benzene rings is 2. The van der Waals surface area contributed by atoms with E-state index in [9.17, 15) is 9.59 Å². The van der Waals surface area contributed by atoms with Gasteiger partial charge in [0.25, 0.3) is 0 Å². The number of fused-ring (bicyclic) bond motifs is 3. The van der Waals surface area contributed by atoms with Crippen molar-refractivity contribution >= 4 is 44.1 Å². The van der Waals surface area contributed by atoms with E-state index >= 15 is 0 Å². The molecule has 0 radical (unpaired) electrons. The number of esters is 1. The molecule has 4 aromatic rings. The molecule has 0 amide bonds. The summed E-state index contributed by atoms with van der Waals surface area (Å²) in [4.78, 5) is 25.7. The number of hydrogen-bond acceptors (Lipinski definition) is 3. The molecule has 4 nitrogen and oxygen atoms in total. The Hall–Kier alpha value is -2.92. The van der Waals surface area contributed by atoms with E-state index < -0.39 is 5.97 Å². The summed E-state index contributed by atoms with van der Waals surface area (Å²) in [6.07, 6.45) is 0. The molecule has 0 aliphatic heterocycles. The van der Waals surface area contributed by atoms with Crippen molar-refractivity contribution in [3.8, 4) is 0 Å². The first-order valence-electron chi connectivity index (χ1n) is 8.60. The summed E-state index contributed by atoms with van der Waals surface area (Å²) in [7, 11) is 0. The van der Waals surface area contributed by atoms with Crippen molar-refractivity contribution in [2.75, 3.05) is 6.61 Å². The highest BCUT2D eigenvalue weighted by Crippen LogP contribution is 2.26. The van der Waals surface area contributed by atoms with Crippen molar-refractivity contribution in [2.45, 2.75) is 6.92 Å². The van der Waals surface area contributed by atoms with Crippen LogP contribution in [0.15, 0.2) is 71.2 Å². The van der Waals surface area contributed by atoms with E-state index in [0.717, 1.165) is 15.4 Å². The summed E-state index contributed by atoms with van der Waals surface area (Å²) >= 11 is 3.39. The van der Waals surface area contributed by atoms with E-state index in [1.165, 1.54) is 0 Å². The Labute approximate surface area is 164 Å². The van der Waals surface area contributed by atoms with Crippen molar-refractivity contribution in [3.05, 3.63) is 88.0 Å². The highest BCUT2D eigenvalue weighted by molar-refractivity contribution is 9.10. The van der Waals surface area contributed by atoms with E-state index in [-0.39, 0.29) is 12.4 Å². The van der Waals surface area contributed by atoms with Crippen molar-refractivity contribution in [2.24, 2.45) is 0 Å². The van der Waals surface area contributed by atoms with Gasteiger partial charge in [-0.2, -0.15) is 0 Å². The molecule has 0 atom stereocenters. The molecule has 0 N–H and O–H groups in total. The summed E-state index contributed by atoms with van der Waals surface area (Å²) in [5.41, 5.74) is 2.91. The number of ketones is 1. The first-order chi connectivity index (χ1) is 13.1. The summed E-state index contributed by atoms with van der Waals surface area (Å²) < 4.78 is 7.93. The number of rotatable bonds is 4. The smallest absolute Gasteiger partial charge is 0.340 e. The van der Waals surface area contributed by atoms with Crippen LogP contribution in [0.3, 0.4) is 0 Å². The van der Waals surface area contributed by atoms with Crippen molar-refractivity contribution in [1.82, 2.24) is 4.40 Å². The third-order valence-corrected chi connectivity index (χ3v) is 5.00. The lowest BCUT2D eigenvalue weighted by atomic mass is 10.1. The Morgan fingerprint density at radius 1 is 0.963 bits per heavy atom. The molecule has 2 heterocycles. The lowest BCUT2D eigenvalue weighted by Crippen LogP contribution is -2.05. The van der Waals surface area contributed by atoms with Crippen LogP contribution in [-0.2, 0) is 4.74 Å². The van der Waals surface area contributed by atoms with Crippen LogP contribution in [0.2, 0.25) is 0 Å². The number of ether oxygens (including phenoxy) is 1. The number of nitrogens with zero attached hydrogens (tertiary/aromatic N) is 1. The molecule has 134 valence electrons. The van der Waals surface area contributed by atoms with Crippen LogP contribution < -0.4 is 0 Å². The van der Waals surface area contributed by atoms with Gasteiger partial charge in [-0.1, -0.05) is 40.2 Å². The zero-order chi connectivity index (χ0) is 19.0. The van der Waals surface area contributed by atoms with Gasteiger partial charge in [0.15, 0.2) is 0 Å². The Bertz CT molecular complexity index is 1180. The van der Waals surface area contributed by atoms with Gasteiger partial charge in [0.2, 0.25) is 5.78 Å². The number of carbonyl (C=O) groups excluding carboxylic acids is 2. The molecule has 2 aromatic carbocycles. The third-order valence-electron chi connectivity index (χ3n) is 4.47. The predicted molar refractivity (Wildman–Crippen MR) is 108 cm³/mol. The third kappa shape index (κ3) is 3.04. The Morgan fingerprint density at radius 2 is 1.70 bits per heavy atom. The Kier molecular flexibility index (Phi) is 4.54. The lowest BCUT2D eigenvalue weighted by Gasteiger charge is -2.07. The molecular formula is C22H16BrNO3. The molecule has 0 spiro atoms. The lowest BCUT2D eigenvalue weighted by molar-refractivity contribution is 0.0529. The standard InChI is InChI=1S/C22H16BrNO3/c1-2-27-22(26)17-13-20(21(25)15-7-10-16(23)11-8-15)24-18-6-4-3-5-14(18)9-12-19(17)24/h3-13H,2H2,1H3. The maximum Gasteiger partial charge on any atom is 0.340 e. The maximum absolute atomic E-state index is 13.2. The predicted octanol–water partition coefficient (Wildman–Crippen LogP) is 5.26. The second-order valence-electron chi connectivity index (χ2n) is 6.11. The van der Waals surface area contributed by atoms with Crippen LogP contribution in [0, 0.1) is 0 Å². The molecule has 4 rings (SSSR count). The second kappa shape index (κ2) is 7.00. The topological polar surface area (TPSA) is 47.8 Å². The van der Waals surface area contributed by atoms with E-state index in [2.05, 4.69) is 15.9 Å². The number of hydrogen-bond donors (Lipinski definition) is 0. The van der Waals surface area contributed by atoms with Gasteiger partial charge < -0.3 is 9.14 Å². The van der Waals surface area contributed by atoms with Crippen molar-refractivity contribution in [3.63, 3.8) is 0 Å². The molecular weight excluding hydrogens is 406 g/mol. The molecule has 0 fully saturated rings. The highest BCUT2D eigenvalue weighted by Gasteiger charge is 2.22. The number of carbonyl (C=O) groups is 2. The summed E-state index contributed by atoms with van der Waals surface area (Å²) in [5, 5.41) is 0.987. The Morgan fingerprint density at radius 3 is 2.44 bits per heavy atom. The number of para-hydroxylation sites is 1. The first-order valence-corrected chi connectivity index (χ1v) is 9.40. The molecule has 0 saturated carbocycles. The molecule has 2 aromatic heterocycles. The summed E-state index contributed by atoms with van der Waals surface area (Å²) in [5.74, 6) is -0.579. The van der Waals surface area contributed by atoms with Crippen LogP contribution in [0.25, 0.3) is 16.4 Å². The minimum absolute atomic E-state index is 0.149. The van der Waals surface area contributed by atoms with E-state index in [4.69, 9.17) is 4.74 Å². The fourth-order valence-corrected chi connectivity index (χ4v) is 3.50. The van der Waals surface area contributed by atoms with Crippen LogP contribution >= 0.6 is 15.9 Å². The molecule has 0 aliphatic rings. The molecule has 0 bridgehead atoms. The monoisotopic (exact) mass is 421 g/mol. The maximum atomic E-state index is 13.2. The highest BCUT2D eigenvalue weighted by atomic mass is 79.9. The first kappa shape index (κ1) is 17.5. The van der Waals surface area contributed by atoms with E-state index in [0.29, 0.717) is 22.3 Å². The quantitative estimate of drug-likeness (QED) is 0.333. The summed E-state index contributed by atoms with van der Waals surface area (Å²) in [6.45, 7) is 2.04. The molecule has 5 heteroatoms. The zero-order valence-electron chi connectivity index (χ0n) is 14.6. The molecule has 0 unspecified atom stereocenters. The normalized spacial score (nSPS) is 11.0. The van der Waals surface area contributed by atoms with Gasteiger partial charge in [0, 0.05) is 10.0 Å². The average Bonchev–Trinajstić information content (AvgIpc) is 3.08. The van der Waals surface area contributed by atoms with Crippen LogP contribution in [0.4, 0.5) is 0 Å². The Balaban J connectivity index is 2.00. The van der Waals surface area contributed by atoms with Crippen LogP contribution in [0.5, 0.6) is 0 Å². The fraction of sp³-hybridized carbons (Fsp3) is 0.0909. The number of aromatic nitrogens is 1. The number of halogens is 1. The van der Waals surface area contributed by atoms with Crippen molar-refractivity contribution in [1.29, 1.82) is 0 Å².